The Balaban J connectivity index is 2.73. The molecule has 1 amide bonds. The maximum absolute atomic E-state index is 11.9. The Morgan fingerprint density at radius 3 is 2.44 bits per heavy atom. The van der Waals surface area contributed by atoms with Gasteiger partial charge in [-0.2, -0.15) is 0 Å². The first-order valence-electron chi connectivity index (χ1n) is 5.94. The van der Waals surface area contributed by atoms with Crippen molar-refractivity contribution in [3.05, 3.63) is 12.7 Å². The summed E-state index contributed by atoms with van der Waals surface area (Å²) in [6.45, 7) is 9.54. The molecule has 1 fully saturated rings. The Morgan fingerprint density at radius 1 is 1.39 bits per heavy atom. The van der Waals surface area contributed by atoms with Crippen LogP contribution in [-0.4, -0.2) is 48.2 Å². The van der Waals surface area contributed by atoms with E-state index in [1.54, 1.807) is 20.8 Å². The van der Waals surface area contributed by atoms with Crippen molar-refractivity contribution in [2.75, 3.05) is 20.2 Å². The Kier molecular flexibility index (Phi) is 4.16. The Labute approximate surface area is 108 Å². The van der Waals surface area contributed by atoms with Gasteiger partial charge in [0.1, 0.15) is 11.2 Å². The molecule has 0 bridgehead atoms. The van der Waals surface area contributed by atoms with Gasteiger partial charge in [-0.15, -0.1) is 0 Å². The first-order valence-corrected chi connectivity index (χ1v) is 5.94. The fourth-order valence-corrected chi connectivity index (χ4v) is 1.92. The number of carbonyl (C=O) groups is 2. The van der Waals surface area contributed by atoms with Gasteiger partial charge < -0.3 is 14.4 Å². The van der Waals surface area contributed by atoms with E-state index in [-0.39, 0.29) is 12.3 Å². The lowest BCUT2D eigenvalue weighted by Gasteiger charge is -2.27. The summed E-state index contributed by atoms with van der Waals surface area (Å²) < 4.78 is 10.6. The number of nitrogens with zero attached hydrogens (tertiary/aromatic N) is 1. The number of hydrogen-bond acceptors (Lipinski definition) is 4. The Hall–Kier alpha value is -1.36. The SMILES string of the molecule is C=CC(=O)C1(OC)CCN(C(=O)OC(C)(C)C)C1. The fraction of sp³-hybridized carbons (Fsp3) is 0.692. The molecule has 18 heavy (non-hydrogen) atoms. The molecule has 0 N–H and O–H groups in total. The van der Waals surface area contributed by atoms with Gasteiger partial charge in [0.05, 0.1) is 6.54 Å². The largest absolute Gasteiger partial charge is 0.444 e. The van der Waals surface area contributed by atoms with Gasteiger partial charge in [0, 0.05) is 20.1 Å². The lowest BCUT2D eigenvalue weighted by atomic mass is 9.97. The van der Waals surface area contributed by atoms with Gasteiger partial charge in [0.25, 0.3) is 0 Å². The first-order chi connectivity index (χ1) is 8.24. The molecule has 1 aliphatic rings. The molecule has 0 aromatic carbocycles. The number of ether oxygens (including phenoxy) is 2. The third kappa shape index (κ3) is 3.10. The monoisotopic (exact) mass is 255 g/mol. The second kappa shape index (κ2) is 5.10. The first kappa shape index (κ1) is 14.7. The van der Waals surface area contributed by atoms with Gasteiger partial charge in [0.2, 0.25) is 0 Å². The zero-order chi connectivity index (χ0) is 14.0. The molecule has 1 saturated heterocycles. The number of hydrogen-bond donors (Lipinski definition) is 0. The summed E-state index contributed by atoms with van der Waals surface area (Å²) in [6.07, 6.45) is 1.29. The van der Waals surface area contributed by atoms with Gasteiger partial charge in [0.15, 0.2) is 5.78 Å². The quantitative estimate of drug-likeness (QED) is 0.721. The van der Waals surface area contributed by atoms with Crippen molar-refractivity contribution < 1.29 is 19.1 Å². The van der Waals surface area contributed by atoms with E-state index < -0.39 is 17.3 Å². The summed E-state index contributed by atoms with van der Waals surface area (Å²) in [5.74, 6) is -0.198. The van der Waals surface area contributed by atoms with Crippen LogP contribution in [-0.2, 0) is 14.3 Å². The molecule has 1 aliphatic heterocycles. The lowest BCUT2D eigenvalue weighted by Crippen LogP contribution is -2.44. The van der Waals surface area contributed by atoms with Gasteiger partial charge in [-0.25, -0.2) is 4.79 Å². The van der Waals surface area contributed by atoms with Crippen LogP contribution in [0.5, 0.6) is 0 Å². The molecular formula is C13H21NO4. The Bertz CT molecular complexity index is 358. The normalized spacial score (nSPS) is 23.9. The fourth-order valence-electron chi connectivity index (χ4n) is 1.92. The number of rotatable bonds is 3. The molecule has 0 saturated carbocycles. The average molecular weight is 255 g/mol. The molecular weight excluding hydrogens is 234 g/mol. The predicted molar refractivity (Wildman–Crippen MR) is 67.4 cm³/mol. The van der Waals surface area contributed by atoms with E-state index in [1.807, 2.05) is 0 Å². The van der Waals surface area contributed by atoms with E-state index in [0.29, 0.717) is 13.0 Å². The van der Waals surface area contributed by atoms with Crippen LogP contribution < -0.4 is 0 Å². The number of ketones is 1. The van der Waals surface area contributed by atoms with Crippen molar-refractivity contribution >= 4 is 11.9 Å². The summed E-state index contributed by atoms with van der Waals surface area (Å²) in [5, 5.41) is 0. The maximum Gasteiger partial charge on any atom is 0.410 e. The lowest BCUT2D eigenvalue weighted by molar-refractivity contribution is -0.134. The minimum atomic E-state index is -0.960. The maximum atomic E-state index is 11.9. The molecule has 0 spiro atoms. The Morgan fingerprint density at radius 2 is 2.00 bits per heavy atom. The van der Waals surface area contributed by atoms with Crippen LogP contribution in [0.1, 0.15) is 27.2 Å². The number of amides is 1. The summed E-state index contributed by atoms with van der Waals surface area (Å²) >= 11 is 0. The standard InChI is InChI=1S/C13H21NO4/c1-6-10(15)13(17-5)7-8-14(9-13)11(16)18-12(2,3)4/h6H,1,7-9H2,2-5H3. The molecule has 0 radical (unpaired) electrons. The highest BCUT2D eigenvalue weighted by Crippen LogP contribution is 2.27. The van der Waals surface area contributed by atoms with Crippen molar-refractivity contribution in [3.63, 3.8) is 0 Å². The van der Waals surface area contributed by atoms with Crippen LogP contribution in [0.15, 0.2) is 12.7 Å². The molecule has 5 heteroatoms. The van der Waals surface area contributed by atoms with Crippen LogP contribution >= 0.6 is 0 Å². The van der Waals surface area contributed by atoms with Crippen molar-refractivity contribution in [2.45, 2.75) is 38.4 Å². The zero-order valence-electron chi connectivity index (χ0n) is 11.5. The van der Waals surface area contributed by atoms with Gasteiger partial charge >= 0.3 is 6.09 Å². The predicted octanol–water partition coefficient (Wildman–Crippen LogP) is 1.77. The number of likely N-dealkylation sites (tertiary alicyclic amines) is 1. The molecule has 1 heterocycles. The molecule has 0 aliphatic carbocycles. The highest BCUT2D eigenvalue weighted by Gasteiger charge is 2.45. The van der Waals surface area contributed by atoms with Crippen LogP contribution in [0, 0.1) is 0 Å². The molecule has 5 nitrogen and oxygen atoms in total. The highest BCUT2D eigenvalue weighted by atomic mass is 16.6. The minimum Gasteiger partial charge on any atom is -0.444 e. The van der Waals surface area contributed by atoms with Crippen LogP contribution in [0.25, 0.3) is 0 Å². The third-order valence-corrected chi connectivity index (χ3v) is 2.91. The molecule has 1 unspecified atom stereocenters. The summed E-state index contributed by atoms with van der Waals surface area (Å²) in [4.78, 5) is 25.2. The molecule has 0 aromatic heterocycles. The summed E-state index contributed by atoms with van der Waals surface area (Å²) in [5.41, 5.74) is -1.50. The highest BCUT2D eigenvalue weighted by molar-refractivity contribution is 5.97. The van der Waals surface area contributed by atoms with E-state index in [4.69, 9.17) is 9.47 Å². The minimum absolute atomic E-state index is 0.198. The van der Waals surface area contributed by atoms with Crippen LogP contribution in [0.2, 0.25) is 0 Å². The smallest absolute Gasteiger partial charge is 0.410 e. The summed E-state index contributed by atoms with van der Waals surface area (Å²) in [6, 6.07) is 0. The molecule has 102 valence electrons. The van der Waals surface area contributed by atoms with Crippen molar-refractivity contribution in [2.24, 2.45) is 0 Å². The van der Waals surface area contributed by atoms with Crippen molar-refractivity contribution in [1.29, 1.82) is 0 Å². The number of carbonyl (C=O) groups excluding carboxylic acids is 2. The average Bonchev–Trinajstić information content (AvgIpc) is 2.71. The topological polar surface area (TPSA) is 55.8 Å². The second-order valence-electron chi connectivity index (χ2n) is 5.42. The molecule has 1 rings (SSSR count). The molecule has 1 atom stereocenters. The zero-order valence-corrected chi connectivity index (χ0v) is 11.5. The summed E-state index contributed by atoms with van der Waals surface area (Å²) in [7, 11) is 1.47. The van der Waals surface area contributed by atoms with E-state index in [0.717, 1.165) is 0 Å². The molecule has 0 aromatic rings. The van der Waals surface area contributed by atoms with Gasteiger partial charge in [-0.3, -0.25) is 4.79 Å². The van der Waals surface area contributed by atoms with E-state index in [9.17, 15) is 9.59 Å². The van der Waals surface area contributed by atoms with Gasteiger partial charge in [-0.05, 0) is 26.8 Å². The number of methoxy groups -OCH3 is 1. The van der Waals surface area contributed by atoms with E-state index >= 15 is 0 Å². The van der Waals surface area contributed by atoms with Crippen molar-refractivity contribution in [1.82, 2.24) is 4.90 Å². The van der Waals surface area contributed by atoms with Gasteiger partial charge in [-0.1, -0.05) is 6.58 Å². The van der Waals surface area contributed by atoms with Crippen LogP contribution in [0.3, 0.4) is 0 Å². The van der Waals surface area contributed by atoms with Crippen molar-refractivity contribution in [3.8, 4) is 0 Å². The third-order valence-electron chi connectivity index (χ3n) is 2.91. The second-order valence-corrected chi connectivity index (χ2v) is 5.42. The van der Waals surface area contributed by atoms with Crippen LogP contribution in [0.4, 0.5) is 4.79 Å². The van der Waals surface area contributed by atoms with E-state index in [1.165, 1.54) is 18.1 Å². The van der Waals surface area contributed by atoms with E-state index in [2.05, 4.69) is 6.58 Å².